The summed E-state index contributed by atoms with van der Waals surface area (Å²) in [6.45, 7) is 6.53. The molecule has 0 saturated carbocycles. The molecule has 3 heteroatoms. The Morgan fingerprint density at radius 3 is 2.67 bits per heavy atom. The van der Waals surface area contributed by atoms with Gasteiger partial charge in [0.1, 0.15) is 0 Å². The summed E-state index contributed by atoms with van der Waals surface area (Å²) in [7, 11) is 0. The lowest BCUT2D eigenvalue weighted by molar-refractivity contribution is 0.524. The minimum atomic E-state index is 0.467. The minimum Gasteiger partial charge on any atom is -0.270 e. The molecular weight excluding hydrogens is 252 g/mol. The summed E-state index contributed by atoms with van der Waals surface area (Å²) in [6.07, 6.45) is 6.84. The molecule has 1 rings (SSSR count). The highest BCUT2D eigenvalue weighted by Crippen LogP contribution is 2.15. The van der Waals surface area contributed by atoms with Crippen LogP contribution in [-0.4, -0.2) is 14.6 Å². The minimum absolute atomic E-state index is 0.467. The quantitative estimate of drug-likeness (QED) is 0.717. The fourth-order valence-corrected chi connectivity index (χ4v) is 2.25. The molecule has 15 heavy (non-hydrogen) atoms. The number of halogens is 1. The maximum Gasteiger partial charge on any atom is 0.0625 e. The average Bonchev–Trinajstić information content (AvgIpc) is 2.63. The Hall–Kier alpha value is -0.310. The molecule has 0 bridgehead atoms. The third-order valence-corrected chi connectivity index (χ3v) is 3.42. The standard InChI is InChI=1S/C12H21BrN2/c1-4-5-11(13)6-7-12-8-9-15(14-12)10(2)3/h8-11H,4-7H2,1-3H3. The smallest absolute Gasteiger partial charge is 0.0625 e. The lowest BCUT2D eigenvalue weighted by atomic mass is 10.1. The van der Waals surface area contributed by atoms with Crippen molar-refractivity contribution in [3.05, 3.63) is 18.0 Å². The van der Waals surface area contributed by atoms with Crippen LogP contribution in [0, 0.1) is 0 Å². The zero-order valence-corrected chi connectivity index (χ0v) is 11.5. The topological polar surface area (TPSA) is 17.8 Å². The highest BCUT2D eigenvalue weighted by molar-refractivity contribution is 9.09. The van der Waals surface area contributed by atoms with Crippen molar-refractivity contribution in [2.45, 2.75) is 57.3 Å². The second-order valence-corrected chi connectivity index (χ2v) is 5.60. The lowest BCUT2D eigenvalue weighted by Crippen LogP contribution is -2.03. The van der Waals surface area contributed by atoms with Crippen LogP contribution in [0.3, 0.4) is 0 Å². The van der Waals surface area contributed by atoms with E-state index in [9.17, 15) is 0 Å². The van der Waals surface area contributed by atoms with E-state index in [0.717, 1.165) is 6.42 Å². The normalized spacial score (nSPS) is 13.4. The van der Waals surface area contributed by atoms with E-state index in [1.807, 2.05) is 4.68 Å². The highest BCUT2D eigenvalue weighted by atomic mass is 79.9. The van der Waals surface area contributed by atoms with Crippen LogP contribution >= 0.6 is 15.9 Å². The van der Waals surface area contributed by atoms with E-state index in [0.29, 0.717) is 10.9 Å². The largest absolute Gasteiger partial charge is 0.270 e. The zero-order valence-electron chi connectivity index (χ0n) is 9.91. The molecule has 0 spiro atoms. The fraction of sp³-hybridized carbons (Fsp3) is 0.750. The lowest BCUT2D eigenvalue weighted by Gasteiger charge is -2.06. The summed E-state index contributed by atoms with van der Waals surface area (Å²) >= 11 is 3.70. The Kier molecular flexibility index (Phi) is 5.37. The molecule has 1 unspecified atom stereocenters. The average molecular weight is 273 g/mol. The zero-order chi connectivity index (χ0) is 11.3. The van der Waals surface area contributed by atoms with E-state index in [1.165, 1.54) is 25.0 Å². The summed E-state index contributed by atoms with van der Waals surface area (Å²) in [5.41, 5.74) is 1.21. The van der Waals surface area contributed by atoms with Gasteiger partial charge < -0.3 is 0 Å². The molecule has 1 heterocycles. The number of nitrogens with zero attached hydrogens (tertiary/aromatic N) is 2. The third-order valence-electron chi connectivity index (χ3n) is 2.51. The first-order valence-corrected chi connectivity index (χ1v) is 6.73. The Labute approximate surface area is 101 Å². The van der Waals surface area contributed by atoms with Crippen molar-refractivity contribution in [1.82, 2.24) is 9.78 Å². The van der Waals surface area contributed by atoms with Crippen molar-refractivity contribution in [3.8, 4) is 0 Å². The van der Waals surface area contributed by atoms with Gasteiger partial charge in [0.2, 0.25) is 0 Å². The van der Waals surface area contributed by atoms with Gasteiger partial charge >= 0.3 is 0 Å². The molecule has 0 saturated heterocycles. The van der Waals surface area contributed by atoms with E-state index in [-0.39, 0.29) is 0 Å². The molecule has 0 radical (unpaired) electrons. The van der Waals surface area contributed by atoms with Gasteiger partial charge in [-0.15, -0.1) is 0 Å². The molecule has 0 fully saturated rings. The summed E-state index contributed by atoms with van der Waals surface area (Å²) < 4.78 is 2.03. The van der Waals surface area contributed by atoms with Crippen LogP contribution in [0.2, 0.25) is 0 Å². The first-order valence-electron chi connectivity index (χ1n) is 5.81. The second-order valence-electron chi connectivity index (χ2n) is 4.31. The van der Waals surface area contributed by atoms with Gasteiger partial charge in [-0.2, -0.15) is 5.10 Å². The molecule has 0 aliphatic rings. The molecule has 2 nitrogen and oxygen atoms in total. The van der Waals surface area contributed by atoms with Crippen LogP contribution in [0.5, 0.6) is 0 Å². The molecule has 1 atom stereocenters. The van der Waals surface area contributed by atoms with Crippen LogP contribution < -0.4 is 0 Å². The Bertz CT molecular complexity index is 281. The Morgan fingerprint density at radius 1 is 1.40 bits per heavy atom. The van der Waals surface area contributed by atoms with E-state index in [4.69, 9.17) is 0 Å². The molecule has 1 aromatic heterocycles. The Morgan fingerprint density at radius 2 is 2.13 bits per heavy atom. The maximum absolute atomic E-state index is 4.54. The Balaban J connectivity index is 2.37. The van der Waals surface area contributed by atoms with Crippen LogP contribution in [0.25, 0.3) is 0 Å². The predicted molar refractivity (Wildman–Crippen MR) is 68.6 cm³/mol. The van der Waals surface area contributed by atoms with E-state index in [1.54, 1.807) is 0 Å². The molecule has 0 N–H and O–H groups in total. The van der Waals surface area contributed by atoms with Gasteiger partial charge in [-0.3, -0.25) is 4.68 Å². The van der Waals surface area contributed by atoms with E-state index < -0.39 is 0 Å². The summed E-state index contributed by atoms with van der Waals surface area (Å²) in [5, 5.41) is 4.54. The number of alkyl halides is 1. The van der Waals surface area contributed by atoms with E-state index in [2.05, 4.69) is 54.1 Å². The van der Waals surface area contributed by atoms with Gasteiger partial charge in [0.25, 0.3) is 0 Å². The molecule has 0 aliphatic heterocycles. The maximum atomic E-state index is 4.54. The first kappa shape index (κ1) is 12.8. The van der Waals surface area contributed by atoms with Crippen LogP contribution in [0.1, 0.15) is 51.8 Å². The van der Waals surface area contributed by atoms with Crippen LogP contribution in [-0.2, 0) is 6.42 Å². The SMILES string of the molecule is CCCC(Br)CCc1ccn(C(C)C)n1. The van der Waals surface area contributed by atoms with Gasteiger partial charge in [0, 0.05) is 17.1 Å². The number of hydrogen-bond donors (Lipinski definition) is 0. The van der Waals surface area contributed by atoms with Crippen molar-refractivity contribution in [1.29, 1.82) is 0 Å². The van der Waals surface area contributed by atoms with Gasteiger partial charge in [0.05, 0.1) is 5.69 Å². The third kappa shape index (κ3) is 4.37. The molecule has 0 amide bonds. The molecule has 86 valence electrons. The summed E-state index contributed by atoms with van der Waals surface area (Å²) in [6, 6.07) is 2.60. The van der Waals surface area contributed by atoms with Crippen molar-refractivity contribution >= 4 is 15.9 Å². The number of rotatable bonds is 6. The van der Waals surface area contributed by atoms with Crippen molar-refractivity contribution in [3.63, 3.8) is 0 Å². The highest BCUT2D eigenvalue weighted by Gasteiger charge is 2.06. The van der Waals surface area contributed by atoms with Gasteiger partial charge in [-0.1, -0.05) is 29.3 Å². The van der Waals surface area contributed by atoms with Gasteiger partial charge in [0.15, 0.2) is 0 Å². The number of aromatic nitrogens is 2. The van der Waals surface area contributed by atoms with Crippen molar-refractivity contribution in [2.24, 2.45) is 0 Å². The first-order chi connectivity index (χ1) is 7.13. The van der Waals surface area contributed by atoms with E-state index >= 15 is 0 Å². The van der Waals surface area contributed by atoms with Crippen LogP contribution in [0.4, 0.5) is 0 Å². The van der Waals surface area contributed by atoms with Crippen molar-refractivity contribution in [2.75, 3.05) is 0 Å². The molecule has 0 aliphatic carbocycles. The second kappa shape index (κ2) is 6.31. The van der Waals surface area contributed by atoms with Crippen LogP contribution in [0.15, 0.2) is 12.3 Å². The molecule has 0 aromatic carbocycles. The summed E-state index contributed by atoms with van der Waals surface area (Å²) in [5.74, 6) is 0. The van der Waals surface area contributed by atoms with Gasteiger partial charge in [-0.05, 0) is 39.2 Å². The van der Waals surface area contributed by atoms with Crippen molar-refractivity contribution < 1.29 is 0 Å². The van der Waals surface area contributed by atoms with Gasteiger partial charge in [-0.25, -0.2) is 0 Å². The predicted octanol–water partition coefficient (Wildman–Crippen LogP) is 3.96. The molecule has 1 aromatic rings. The summed E-state index contributed by atoms with van der Waals surface area (Å²) in [4.78, 5) is 0.645. The number of hydrogen-bond acceptors (Lipinski definition) is 1. The molecular formula is C12H21BrN2. The fourth-order valence-electron chi connectivity index (χ4n) is 1.56. The monoisotopic (exact) mass is 272 g/mol. The number of aryl methyl sites for hydroxylation is 1.